The van der Waals surface area contributed by atoms with Crippen LogP contribution in [0.25, 0.3) is 4.85 Å². The summed E-state index contributed by atoms with van der Waals surface area (Å²) in [5.74, 6) is -8.22. The molecule has 6 nitrogen and oxygen atoms in total. The Morgan fingerprint density at radius 2 is 0.754 bits per heavy atom. The summed E-state index contributed by atoms with van der Waals surface area (Å²) >= 11 is 0. The molecule has 0 atom stereocenters. The van der Waals surface area contributed by atoms with Gasteiger partial charge in [-0.05, 0) is 72.8 Å². The molecule has 0 aromatic heterocycles. The van der Waals surface area contributed by atoms with Gasteiger partial charge in [-0.2, -0.15) is 5.26 Å². The summed E-state index contributed by atoms with van der Waals surface area (Å²) in [5.41, 5.74) is 1.61. The summed E-state index contributed by atoms with van der Waals surface area (Å²) in [6, 6.07) is 49.3. The lowest BCUT2D eigenvalue weighted by Gasteiger charge is -2.43. The Balaban J connectivity index is 1.32. The van der Waals surface area contributed by atoms with Crippen molar-refractivity contribution in [2.24, 2.45) is 0 Å². The molecule has 274 valence electrons. The molecule has 2 aliphatic heterocycles. The van der Waals surface area contributed by atoms with Crippen molar-refractivity contribution in [3.8, 4) is 6.07 Å². The zero-order chi connectivity index (χ0) is 39.1. The third-order valence-electron chi connectivity index (χ3n) is 10.8. The van der Waals surface area contributed by atoms with Crippen molar-refractivity contribution >= 4 is 73.9 Å². The second-order valence-corrected chi connectivity index (χ2v) is 13.9. The van der Waals surface area contributed by atoms with Gasteiger partial charge in [-0.15, -0.1) is 0 Å². The Kier molecular flexibility index (Phi) is 7.44. The zero-order valence-electron chi connectivity index (χ0n) is 29.9. The minimum absolute atomic E-state index is 0.376. The number of anilines is 12. The minimum Gasteiger partial charge on any atom is -0.316 e. The number of fused-ring (bicyclic) bond motifs is 5. The van der Waals surface area contributed by atoms with Crippen LogP contribution in [-0.4, -0.2) is 0 Å². The number of hydrogen-bond donors (Lipinski definition) is 0. The van der Waals surface area contributed by atoms with Crippen molar-refractivity contribution in [3.05, 3.63) is 186 Å². The molecule has 0 fully saturated rings. The van der Waals surface area contributed by atoms with E-state index in [1.807, 2.05) is 94.7 Å². The molecule has 10 heteroatoms. The van der Waals surface area contributed by atoms with Gasteiger partial charge in [0.1, 0.15) is 0 Å². The summed E-state index contributed by atoms with van der Waals surface area (Å²) in [6.45, 7) is 8.60. The maximum atomic E-state index is 17.0. The van der Waals surface area contributed by atoms with Crippen molar-refractivity contribution in [1.82, 2.24) is 0 Å². The van der Waals surface area contributed by atoms with E-state index in [1.54, 1.807) is 72.8 Å². The number of halogens is 4. The quantitative estimate of drug-likeness (QED) is 0.132. The summed E-state index contributed by atoms with van der Waals surface area (Å²) in [5, 5.41) is 11.1. The van der Waals surface area contributed by atoms with Gasteiger partial charge >= 0.3 is 0 Å². The van der Waals surface area contributed by atoms with Crippen LogP contribution in [0.4, 0.5) is 91.5 Å². The van der Waals surface area contributed by atoms with Crippen molar-refractivity contribution in [3.63, 3.8) is 0 Å². The van der Waals surface area contributed by atoms with Crippen LogP contribution in [0.15, 0.2) is 158 Å². The van der Waals surface area contributed by atoms with E-state index in [4.69, 9.17) is 6.57 Å². The van der Waals surface area contributed by atoms with Crippen LogP contribution in [0, 0.1) is 17.9 Å². The van der Waals surface area contributed by atoms with Gasteiger partial charge in [-0.25, -0.2) is 22.4 Å². The second-order valence-electron chi connectivity index (χ2n) is 13.9. The summed E-state index contributed by atoms with van der Waals surface area (Å²) in [6.07, 6.45) is -1.83. The highest BCUT2D eigenvalue weighted by molar-refractivity contribution is 6.09. The number of nitriles is 1. The molecule has 7 aromatic rings. The van der Waals surface area contributed by atoms with Crippen LogP contribution >= 0.6 is 0 Å². The van der Waals surface area contributed by atoms with Gasteiger partial charge < -0.3 is 19.6 Å². The Morgan fingerprint density at radius 1 is 0.456 bits per heavy atom. The molecule has 0 spiro atoms. The summed E-state index contributed by atoms with van der Waals surface area (Å²) < 4.78 is 67.9. The van der Waals surface area contributed by atoms with Gasteiger partial charge in [0.2, 0.25) is 5.69 Å². The van der Waals surface area contributed by atoms with Crippen LogP contribution in [0.2, 0.25) is 0 Å². The average Bonchev–Trinajstić information content (AvgIpc) is 3.44. The number of nitrogens with zero attached hydrogens (tertiary/aromatic N) is 6. The molecule has 0 unspecified atom stereocenters. The molecular weight excluding hydrogens is 725 g/mol. The largest absolute Gasteiger partial charge is 0.316 e. The van der Waals surface area contributed by atoms with E-state index in [2.05, 4.69) is 10.9 Å². The fourth-order valence-corrected chi connectivity index (χ4v) is 8.62. The SMILES string of the molecule is [C-]#[N+]c1c(C#N)c(N2c3ccccc3N(c3ccccc3)c3ccccc32)c2c(c1N1c3ccccc3N(c3ccccc3)c3ccccc31)C(F)(F)CC2(F)F. The van der Waals surface area contributed by atoms with Gasteiger partial charge in [0.15, 0.2) is 0 Å². The standard InChI is InChI=1S/C47H28F4N6/c1-53-43-32(28-52)44(56-37-24-12-8-20-33(37)54(30-16-4-2-5-17-30)34-21-9-13-25-38(34)56)41-42(47(50,51)29-46(41,48)49)45(43)57-39-26-14-10-22-35(39)55(31-18-6-3-7-19-31)36-23-11-15-27-40(36)57/h2-27H,29H2. The fraction of sp³-hybridized carbons (Fsp3) is 0.0638. The highest BCUT2D eigenvalue weighted by Crippen LogP contribution is 2.68. The van der Waals surface area contributed by atoms with E-state index >= 15 is 17.6 Å². The summed E-state index contributed by atoms with van der Waals surface area (Å²) in [7, 11) is 0. The number of alkyl halides is 4. The fourth-order valence-electron chi connectivity index (χ4n) is 8.62. The van der Waals surface area contributed by atoms with Crippen LogP contribution in [-0.2, 0) is 11.8 Å². The van der Waals surface area contributed by atoms with Crippen LogP contribution < -0.4 is 19.6 Å². The van der Waals surface area contributed by atoms with Crippen molar-refractivity contribution in [1.29, 1.82) is 5.26 Å². The minimum atomic E-state index is -4.11. The smallest absolute Gasteiger partial charge is 0.281 e. The molecule has 0 saturated carbocycles. The van der Waals surface area contributed by atoms with Crippen LogP contribution in [0.1, 0.15) is 23.1 Å². The van der Waals surface area contributed by atoms with Crippen molar-refractivity contribution in [2.75, 3.05) is 19.6 Å². The Labute approximate surface area is 325 Å². The molecule has 2 heterocycles. The van der Waals surface area contributed by atoms with Crippen molar-refractivity contribution < 1.29 is 17.6 Å². The van der Waals surface area contributed by atoms with E-state index < -0.39 is 52.0 Å². The third-order valence-corrected chi connectivity index (χ3v) is 10.8. The first-order chi connectivity index (χ1) is 27.7. The summed E-state index contributed by atoms with van der Waals surface area (Å²) in [4.78, 5) is 10.7. The molecule has 57 heavy (non-hydrogen) atoms. The first kappa shape index (κ1) is 34.0. The van der Waals surface area contributed by atoms with E-state index in [-0.39, 0.29) is 0 Å². The molecule has 0 bridgehead atoms. The van der Waals surface area contributed by atoms with E-state index in [9.17, 15) is 5.26 Å². The van der Waals surface area contributed by atoms with Gasteiger partial charge in [0, 0.05) is 16.9 Å². The number of rotatable bonds is 4. The van der Waals surface area contributed by atoms with Gasteiger partial charge in [0.25, 0.3) is 11.8 Å². The molecular formula is C47H28F4N6. The predicted molar refractivity (Wildman–Crippen MR) is 216 cm³/mol. The molecule has 0 N–H and O–H groups in total. The van der Waals surface area contributed by atoms with Crippen LogP contribution in [0.5, 0.6) is 0 Å². The molecule has 3 aliphatic rings. The maximum Gasteiger partial charge on any atom is 0.281 e. The Morgan fingerprint density at radius 3 is 1.09 bits per heavy atom. The lowest BCUT2D eigenvalue weighted by molar-refractivity contribution is -0.0920. The second kappa shape index (κ2) is 12.5. The maximum absolute atomic E-state index is 17.0. The molecule has 0 radical (unpaired) electrons. The zero-order valence-corrected chi connectivity index (χ0v) is 29.9. The highest BCUT2D eigenvalue weighted by Gasteiger charge is 2.61. The molecule has 7 aromatic carbocycles. The molecule has 0 saturated heterocycles. The van der Waals surface area contributed by atoms with Gasteiger partial charge in [0.05, 0.1) is 87.1 Å². The number of benzene rings is 7. The third kappa shape index (κ3) is 4.87. The molecule has 0 amide bonds. The lowest BCUT2D eigenvalue weighted by atomic mass is 9.92. The van der Waals surface area contributed by atoms with Crippen LogP contribution in [0.3, 0.4) is 0 Å². The molecule has 10 rings (SSSR count). The van der Waals surface area contributed by atoms with E-state index in [1.165, 1.54) is 9.80 Å². The van der Waals surface area contributed by atoms with Gasteiger partial charge in [-0.1, -0.05) is 84.9 Å². The first-order valence-corrected chi connectivity index (χ1v) is 18.2. The highest BCUT2D eigenvalue weighted by atomic mass is 19.3. The Hall–Kier alpha value is -7.56. The predicted octanol–water partition coefficient (Wildman–Crippen LogP) is 14.2. The topological polar surface area (TPSA) is 41.1 Å². The average molecular weight is 753 g/mol. The first-order valence-electron chi connectivity index (χ1n) is 18.2. The van der Waals surface area contributed by atoms with E-state index in [0.29, 0.717) is 45.5 Å². The number of hydrogen-bond acceptors (Lipinski definition) is 5. The molecule has 1 aliphatic carbocycles. The number of para-hydroxylation sites is 10. The van der Waals surface area contributed by atoms with E-state index in [0.717, 1.165) is 11.4 Å². The Bertz CT molecular complexity index is 2560. The van der Waals surface area contributed by atoms with Gasteiger partial charge in [-0.3, -0.25) is 0 Å². The monoisotopic (exact) mass is 752 g/mol. The normalized spacial score (nSPS) is 15.4. The lowest BCUT2D eigenvalue weighted by Crippen LogP contribution is -2.28. The van der Waals surface area contributed by atoms with Crippen molar-refractivity contribution in [2.45, 2.75) is 18.3 Å².